The molecule has 2 N–H and O–H groups in total. The molecule has 0 saturated carbocycles. The average molecular weight is 292 g/mol. The monoisotopic (exact) mass is 292 g/mol. The van der Waals surface area contributed by atoms with Gasteiger partial charge in [0.1, 0.15) is 0 Å². The van der Waals surface area contributed by atoms with Crippen LogP contribution in [0.4, 0.5) is 0 Å². The summed E-state index contributed by atoms with van der Waals surface area (Å²) in [6, 6.07) is 0.635. The average Bonchev–Trinajstić information content (AvgIpc) is 2.95. The fourth-order valence-corrected chi connectivity index (χ4v) is 3.64. The van der Waals surface area contributed by atoms with Crippen molar-refractivity contribution in [3.8, 4) is 0 Å². The maximum absolute atomic E-state index is 12.5. The van der Waals surface area contributed by atoms with Gasteiger partial charge in [0.2, 0.25) is 0 Å². The van der Waals surface area contributed by atoms with Crippen molar-refractivity contribution in [2.24, 2.45) is 11.7 Å². The summed E-state index contributed by atoms with van der Waals surface area (Å²) < 4.78 is 1.63. The molecule has 1 aromatic heterocycles. The SMILES string of the molecule is CN1CCCC2CN(C(=O)c3cn(CCN)nn3)CCC21. The zero-order valence-corrected chi connectivity index (χ0v) is 12.6. The van der Waals surface area contributed by atoms with Gasteiger partial charge in [0.15, 0.2) is 5.69 Å². The molecular weight excluding hydrogens is 268 g/mol. The zero-order chi connectivity index (χ0) is 14.8. The van der Waals surface area contributed by atoms with Crippen molar-refractivity contribution in [2.75, 3.05) is 33.2 Å². The lowest BCUT2D eigenvalue weighted by atomic mass is 9.84. The first-order valence-electron chi connectivity index (χ1n) is 7.78. The number of nitrogens with two attached hydrogens (primary N) is 1. The number of likely N-dealkylation sites (tertiary alicyclic amines) is 2. The van der Waals surface area contributed by atoms with Crippen molar-refractivity contribution in [3.63, 3.8) is 0 Å². The molecule has 1 aromatic rings. The van der Waals surface area contributed by atoms with Gasteiger partial charge in [-0.25, -0.2) is 0 Å². The third kappa shape index (κ3) is 2.94. The molecule has 3 heterocycles. The smallest absolute Gasteiger partial charge is 0.276 e. The van der Waals surface area contributed by atoms with E-state index in [-0.39, 0.29) is 5.91 Å². The Morgan fingerprint density at radius 2 is 2.29 bits per heavy atom. The van der Waals surface area contributed by atoms with Crippen molar-refractivity contribution in [1.29, 1.82) is 0 Å². The molecule has 21 heavy (non-hydrogen) atoms. The predicted molar refractivity (Wildman–Crippen MR) is 78.7 cm³/mol. The summed E-state index contributed by atoms with van der Waals surface area (Å²) in [7, 11) is 2.20. The first-order chi connectivity index (χ1) is 10.2. The third-order valence-corrected chi connectivity index (χ3v) is 4.75. The van der Waals surface area contributed by atoms with Crippen LogP contribution in [0, 0.1) is 5.92 Å². The van der Waals surface area contributed by atoms with E-state index in [0.29, 0.717) is 30.7 Å². The topological polar surface area (TPSA) is 80.3 Å². The van der Waals surface area contributed by atoms with Crippen LogP contribution < -0.4 is 5.73 Å². The Morgan fingerprint density at radius 1 is 1.43 bits per heavy atom. The highest BCUT2D eigenvalue weighted by Crippen LogP contribution is 2.29. The minimum Gasteiger partial charge on any atom is -0.337 e. The van der Waals surface area contributed by atoms with E-state index < -0.39 is 0 Å². The van der Waals surface area contributed by atoms with Crippen LogP contribution in [0.15, 0.2) is 6.20 Å². The number of aromatic nitrogens is 3. The fraction of sp³-hybridized carbons (Fsp3) is 0.786. The summed E-state index contributed by atoms with van der Waals surface area (Å²) in [5.74, 6) is 0.602. The number of nitrogens with zero attached hydrogens (tertiary/aromatic N) is 5. The normalized spacial score (nSPS) is 26.7. The van der Waals surface area contributed by atoms with E-state index in [1.807, 2.05) is 4.90 Å². The molecule has 0 bridgehead atoms. The van der Waals surface area contributed by atoms with Crippen LogP contribution in [-0.4, -0.2) is 70.0 Å². The molecule has 1 amide bonds. The third-order valence-electron chi connectivity index (χ3n) is 4.75. The molecule has 2 aliphatic heterocycles. The summed E-state index contributed by atoms with van der Waals surface area (Å²) in [5, 5.41) is 7.93. The lowest BCUT2D eigenvalue weighted by molar-refractivity contribution is 0.0313. The number of hydrogen-bond acceptors (Lipinski definition) is 5. The summed E-state index contributed by atoms with van der Waals surface area (Å²) in [6.07, 6.45) is 5.21. The van der Waals surface area contributed by atoms with Gasteiger partial charge in [-0.15, -0.1) is 5.10 Å². The molecule has 3 rings (SSSR count). The van der Waals surface area contributed by atoms with Crippen LogP contribution in [0.5, 0.6) is 0 Å². The second-order valence-corrected chi connectivity index (χ2v) is 6.15. The van der Waals surface area contributed by atoms with Gasteiger partial charge in [-0.1, -0.05) is 5.21 Å². The van der Waals surface area contributed by atoms with Crippen LogP contribution in [0.3, 0.4) is 0 Å². The number of carbonyl (C=O) groups excluding carboxylic acids is 1. The summed E-state index contributed by atoms with van der Waals surface area (Å²) in [6.45, 7) is 3.93. The van der Waals surface area contributed by atoms with E-state index in [1.54, 1.807) is 10.9 Å². The van der Waals surface area contributed by atoms with E-state index in [2.05, 4.69) is 22.3 Å². The molecular formula is C14H24N6O. The Labute approximate surface area is 125 Å². The molecule has 2 fully saturated rings. The van der Waals surface area contributed by atoms with Crippen molar-refractivity contribution in [2.45, 2.75) is 31.8 Å². The molecule has 7 nitrogen and oxygen atoms in total. The van der Waals surface area contributed by atoms with Crippen molar-refractivity contribution in [1.82, 2.24) is 24.8 Å². The highest BCUT2D eigenvalue weighted by atomic mass is 16.2. The number of hydrogen-bond donors (Lipinski definition) is 1. The van der Waals surface area contributed by atoms with Crippen molar-refractivity contribution in [3.05, 3.63) is 11.9 Å². The molecule has 0 aromatic carbocycles. The van der Waals surface area contributed by atoms with Gasteiger partial charge in [0.05, 0.1) is 12.7 Å². The van der Waals surface area contributed by atoms with E-state index in [1.165, 1.54) is 19.4 Å². The van der Waals surface area contributed by atoms with Gasteiger partial charge in [-0.2, -0.15) is 0 Å². The maximum Gasteiger partial charge on any atom is 0.276 e. The lowest BCUT2D eigenvalue weighted by Gasteiger charge is -2.45. The summed E-state index contributed by atoms with van der Waals surface area (Å²) >= 11 is 0. The Balaban J connectivity index is 1.65. The van der Waals surface area contributed by atoms with Gasteiger partial charge < -0.3 is 15.5 Å². The number of fused-ring (bicyclic) bond motifs is 1. The second kappa shape index (κ2) is 6.11. The lowest BCUT2D eigenvalue weighted by Crippen LogP contribution is -2.53. The fourth-order valence-electron chi connectivity index (χ4n) is 3.64. The first kappa shape index (κ1) is 14.5. The molecule has 2 saturated heterocycles. The van der Waals surface area contributed by atoms with E-state index in [9.17, 15) is 4.79 Å². The van der Waals surface area contributed by atoms with Crippen LogP contribution in [0.1, 0.15) is 29.8 Å². The number of carbonyl (C=O) groups is 1. The largest absolute Gasteiger partial charge is 0.337 e. The van der Waals surface area contributed by atoms with Gasteiger partial charge in [-0.3, -0.25) is 9.48 Å². The Morgan fingerprint density at radius 3 is 3.10 bits per heavy atom. The summed E-state index contributed by atoms with van der Waals surface area (Å²) in [4.78, 5) is 16.9. The van der Waals surface area contributed by atoms with Gasteiger partial charge in [0.25, 0.3) is 5.91 Å². The van der Waals surface area contributed by atoms with Crippen LogP contribution >= 0.6 is 0 Å². The number of rotatable bonds is 3. The molecule has 2 unspecified atom stereocenters. The molecule has 116 valence electrons. The molecule has 0 radical (unpaired) electrons. The van der Waals surface area contributed by atoms with Gasteiger partial charge >= 0.3 is 0 Å². The first-order valence-corrected chi connectivity index (χ1v) is 7.78. The molecule has 0 aliphatic carbocycles. The highest BCUT2D eigenvalue weighted by Gasteiger charge is 2.36. The molecule has 7 heteroatoms. The van der Waals surface area contributed by atoms with Crippen molar-refractivity contribution >= 4 is 5.91 Å². The van der Waals surface area contributed by atoms with E-state index >= 15 is 0 Å². The quantitative estimate of drug-likeness (QED) is 0.834. The number of piperidine rings is 2. The minimum atomic E-state index is 0.00458. The molecule has 2 aliphatic rings. The standard InChI is InChI=1S/C14H24N6O/c1-18-6-2-3-11-9-19(7-4-13(11)18)14(21)12-10-20(8-5-15)17-16-12/h10-11,13H,2-9,15H2,1H3. The maximum atomic E-state index is 12.5. The van der Waals surface area contributed by atoms with Gasteiger partial charge in [0, 0.05) is 25.7 Å². The van der Waals surface area contributed by atoms with Gasteiger partial charge in [-0.05, 0) is 38.8 Å². The van der Waals surface area contributed by atoms with E-state index in [0.717, 1.165) is 19.5 Å². The van der Waals surface area contributed by atoms with Crippen molar-refractivity contribution < 1.29 is 4.79 Å². The highest BCUT2D eigenvalue weighted by molar-refractivity contribution is 5.92. The van der Waals surface area contributed by atoms with Crippen LogP contribution in [-0.2, 0) is 6.54 Å². The number of amides is 1. The zero-order valence-electron chi connectivity index (χ0n) is 12.6. The minimum absolute atomic E-state index is 0.00458. The summed E-state index contributed by atoms with van der Waals surface area (Å²) in [5.41, 5.74) is 5.92. The Hall–Kier alpha value is -1.47. The van der Waals surface area contributed by atoms with E-state index in [4.69, 9.17) is 5.73 Å². The predicted octanol–water partition coefficient (Wildman–Crippen LogP) is -0.207. The Kier molecular flexibility index (Phi) is 4.21. The van der Waals surface area contributed by atoms with Crippen LogP contribution in [0.25, 0.3) is 0 Å². The molecule has 2 atom stereocenters. The molecule has 0 spiro atoms. The Bertz CT molecular complexity index is 501. The van der Waals surface area contributed by atoms with Crippen LogP contribution in [0.2, 0.25) is 0 Å². The second-order valence-electron chi connectivity index (χ2n) is 6.15.